The molecule has 0 bridgehead atoms. The number of anilines is 2. The lowest BCUT2D eigenvalue weighted by Crippen LogP contribution is -2.41. The fraction of sp³-hybridized carbons (Fsp3) is 0.310. The highest BCUT2D eigenvalue weighted by molar-refractivity contribution is 7.80. The molecule has 3 aromatic rings. The van der Waals surface area contributed by atoms with Crippen LogP contribution in [0.1, 0.15) is 18.4 Å². The number of nitrogens with zero attached hydrogens (tertiary/aromatic N) is 3. The molecule has 1 unspecified atom stereocenters. The van der Waals surface area contributed by atoms with Crippen molar-refractivity contribution < 1.29 is 23.8 Å². The zero-order valence-corrected chi connectivity index (χ0v) is 23.5. The molecule has 1 saturated heterocycles. The fourth-order valence-corrected chi connectivity index (χ4v) is 4.60. The van der Waals surface area contributed by atoms with E-state index in [4.69, 9.17) is 17.0 Å². The van der Waals surface area contributed by atoms with Gasteiger partial charge in [0.15, 0.2) is 16.7 Å². The molecule has 41 heavy (non-hydrogen) atoms. The number of pyridine rings is 1. The smallest absolute Gasteiger partial charge is 0.322 e. The topological polar surface area (TPSA) is 119 Å². The third-order valence-corrected chi connectivity index (χ3v) is 6.55. The number of hydrogen-bond acceptors (Lipinski definition) is 7. The van der Waals surface area contributed by atoms with Gasteiger partial charge < -0.3 is 30.3 Å². The molecule has 10 nitrogen and oxygen atoms in total. The van der Waals surface area contributed by atoms with E-state index in [1.807, 2.05) is 30.3 Å². The van der Waals surface area contributed by atoms with Gasteiger partial charge in [0.1, 0.15) is 11.6 Å². The van der Waals surface area contributed by atoms with Crippen LogP contribution in [0.5, 0.6) is 11.5 Å². The number of amides is 3. The SMILES string of the molecule is CN(CC(O)CN1CCCC1)C(=O)Nc1cc(Oc2ccc(NC(=S)NC(=O)Cc3ccccc3)cc2F)ccn1. The third-order valence-electron chi connectivity index (χ3n) is 6.34. The second-order valence-electron chi connectivity index (χ2n) is 9.76. The fourth-order valence-electron chi connectivity index (χ4n) is 4.37. The van der Waals surface area contributed by atoms with Gasteiger partial charge in [0, 0.05) is 44.2 Å². The second-order valence-corrected chi connectivity index (χ2v) is 10.2. The Morgan fingerprint density at radius 1 is 1.12 bits per heavy atom. The summed E-state index contributed by atoms with van der Waals surface area (Å²) in [5.41, 5.74) is 1.18. The van der Waals surface area contributed by atoms with E-state index in [-0.39, 0.29) is 41.3 Å². The summed E-state index contributed by atoms with van der Waals surface area (Å²) >= 11 is 5.17. The summed E-state index contributed by atoms with van der Waals surface area (Å²) in [7, 11) is 1.59. The van der Waals surface area contributed by atoms with Crippen molar-refractivity contribution in [2.45, 2.75) is 25.4 Å². The molecule has 12 heteroatoms. The van der Waals surface area contributed by atoms with Crippen LogP contribution < -0.4 is 20.7 Å². The Labute approximate surface area is 243 Å². The number of thiocarbonyl (C=S) groups is 1. The molecule has 4 rings (SSSR count). The maximum atomic E-state index is 14.8. The molecular formula is C29H33FN6O4S. The van der Waals surface area contributed by atoms with Gasteiger partial charge in [-0.1, -0.05) is 30.3 Å². The van der Waals surface area contributed by atoms with E-state index >= 15 is 0 Å². The minimum Gasteiger partial charge on any atom is -0.454 e. The van der Waals surface area contributed by atoms with Crippen molar-refractivity contribution in [3.63, 3.8) is 0 Å². The van der Waals surface area contributed by atoms with E-state index in [2.05, 4.69) is 25.8 Å². The number of hydrogen-bond donors (Lipinski definition) is 4. The average molecular weight is 581 g/mol. The first-order chi connectivity index (χ1) is 19.7. The van der Waals surface area contributed by atoms with Gasteiger partial charge >= 0.3 is 6.03 Å². The Kier molecular flexibility index (Phi) is 10.5. The maximum Gasteiger partial charge on any atom is 0.322 e. The molecule has 2 heterocycles. The summed E-state index contributed by atoms with van der Waals surface area (Å²) < 4.78 is 20.5. The third kappa shape index (κ3) is 9.48. The van der Waals surface area contributed by atoms with Crippen molar-refractivity contribution in [3.8, 4) is 11.5 Å². The lowest BCUT2D eigenvalue weighted by Gasteiger charge is -2.24. The van der Waals surface area contributed by atoms with Gasteiger partial charge in [0.2, 0.25) is 5.91 Å². The number of nitrogens with one attached hydrogen (secondary N) is 3. The number of carbonyl (C=O) groups excluding carboxylic acids is 2. The van der Waals surface area contributed by atoms with Crippen LogP contribution in [0.4, 0.5) is 20.7 Å². The highest BCUT2D eigenvalue weighted by Gasteiger charge is 2.19. The normalized spacial score (nSPS) is 13.7. The molecule has 0 aliphatic carbocycles. The van der Waals surface area contributed by atoms with E-state index in [0.717, 1.165) is 31.5 Å². The van der Waals surface area contributed by atoms with Gasteiger partial charge in [-0.15, -0.1) is 0 Å². The molecule has 4 N–H and O–H groups in total. The number of rotatable bonds is 10. The molecule has 1 aliphatic heterocycles. The minimum atomic E-state index is -0.664. The van der Waals surface area contributed by atoms with Gasteiger partial charge in [-0.3, -0.25) is 10.1 Å². The highest BCUT2D eigenvalue weighted by Crippen LogP contribution is 2.27. The summed E-state index contributed by atoms with van der Waals surface area (Å²) in [5.74, 6) is -0.541. The zero-order chi connectivity index (χ0) is 29.2. The Bertz CT molecular complexity index is 1360. The number of aromatic nitrogens is 1. The van der Waals surface area contributed by atoms with Gasteiger partial charge in [-0.2, -0.15) is 0 Å². The molecule has 1 atom stereocenters. The number of likely N-dealkylation sites (tertiary alicyclic amines) is 1. The number of urea groups is 1. The molecule has 0 spiro atoms. The average Bonchev–Trinajstić information content (AvgIpc) is 3.43. The number of benzene rings is 2. The predicted octanol–water partition coefficient (Wildman–Crippen LogP) is 3.99. The Morgan fingerprint density at radius 2 is 1.88 bits per heavy atom. The molecule has 1 aliphatic rings. The molecule has 3 amide bonds. The number of β-amino-alcohol motifs (C(OH)–C–C–N with tert-alkyl or cyclic N) is 1. The van der Waals surface area contributed by atoms with Crippen LogP contribution in [0, 0.1) is 5.82 Å². The van der Waals surface area contributed by atoms with E-state index in [1.54, 1.807) is 13.1 Å². The minimum absolute atomic E-state index is 0.0436. The van der Waals surface area contributed by atoms with Crippen molar-refractivity contribution in [2.24, 2.45) is 0 Å². The largest absolute Gasteiger partial charge is 0.454 e. The Hall–Kier alpha value is -4.13. The van der Waals surface area contributed by atoms with Crippen LogP contribution in [0.25, 0.3) is 0 Å². The zero-order valence-electron chi connectivity index (χ0n) is 22.7. The molecule has 1 aromatic heterocycles. The highest BCUT2D eigenvalue weighted by atomic mass is 32.1. The van der Waals surface area contributed by atoms with E-state index in [0.29, 0.717) is 12.2 Å². The summed E-state index contributed by atoms with van der Waals surface area (Å²) in [6.07, 6.45) is 3.18. The molecule has 2 aromatic carbocycles. The van der Waals surface area contributed by atoms with Crippen LogP contribution in [0.15, 0.2) is 66.9 Å². The number of carbonyl (C=O) groups is 2. The molecule has 0 radical (unpaired) electrons. The monoisotopic (exact) mass is 580 g/mol. The molecule has 216 valence electrons. The lowest BCUT2D eigenvalue weighted by molar-refractivity contribution is -0.119. The Morgan fingerprint density at radius 3 is 2.61 bits per heavy atom. The van der Waals surface area contributed by atoms with Gasteiger partial charge in [0.25, 0.3) is 0 Å². The van der Waals surface area contributed by atoms with Crippen molar-refractivity contribution >= 4 is 40.8 Å². The van der Waals surface area contributed by atoms with Gasteiger partial charge in [-0.25, -0.2) is 14.2 Å². The first-order valence-electron chi connectivity index (χ1n) is 13.3. The Balaban J connectivity index is 1.27. The van der Waals surface area contributed by atoms with Crippen LogP contribution in [0.2, 0.25) is 0 Å². The summed E-state index contributed by atoms with van der Waals surface area (Å²) in [4.78, 5) is 32.5. The van der Waals surface area contributed by atoms with E-state index < -0.39 is 18.0 Å². The summed E-state index contributed by atoms with van der Waals surface area (Å²) in [6, 6.07) is 16.0. The molecular weight excluding hydrogens is 547 g/mol. The number of aliphatic hydroxyl groups is 1. The van der Waals surface area contributed by atoms with E-state index in [1.165, 1.54) is 35.4 Å². The first-order valence-corrected chi connectivity index (χ1v) is 13.7. The van der Waals surface area contributed by atoms with Crippen molar-refractivity contribution in [1.29, 1.82) is 0 Å². The van der Waals surface area contributed by atoms with Crippen molar-refractivity contribution in [1.82, 2.24) is 20.1 Å². The lowest BCUT2D eigenvalue weighted by atomic mass is 10.1. The molecule has 0 saturated carbocycles. The van der Waals surface area contributed by atoms with Gasteiger partial charge in [0.05, 0.1) is 12.5 Å². The van der Waals surface area contributed by atoms with E-state index in [9.17, 15) is 19.1 Å². The quantitative estimate of drug-likeness (QED) is 0.266. The van der Waals surface area contributed by atoms with Crippen molar-refractivity contribution in [2.75, 3.05) is 43.9 Å². The molecule has 1 fully saturated rings. The van der Waals surface area contributed by atoms with Crippen LogP contribution in [-0.4, -0.2) is 76.3 Å². The number of halogens is 1. The van der Waals surface area contributed by atoms with Crippen LogP contribution >= 0.6 is 12.2 Å². The number of ether oxygens (including phenoxy) is 1. The maximum absolute atomic E-state index is 14.8. The first kappa shape index (κ1) is 29.8. The van der Waals surface area contributed by atoms with Gasteiger partial charge in [-0.05, 0) is 61.9 Å². The van der Waals surface area contributed by atoms with Crippen molar-refractivity contribution in [3.05, 3.63) is 78.2 Å². The summed E-state index contributed by atoms with van der Waals surface area (Å²) in [5, 5.41) is 18.4. The number of likely N-dealkylation sites (N-methyl/N-ethyl adjacent to an activating group) is 1. The predicted molar refractivity (Wildman–Crippen MR) is 159 cm³/mol. The second kappa shape index (κ2) is 14.5. The van der Waals surface area contributed by atoms with Crippen LogP contribution in [-0.2, 0) is 11.2 Å². The number of aliphatic hydroxyl groups excluding tert-OH is 1. The van der Waals surface area contributed by atoms with Crippen LogP contribution in [0.3, 0.4) is 0 Å². The summed E-state index contributed by atoms with van der Waals surface area (Å²) in [6.45, 7) is 2.62. The standard InChI is InChI=1S/C29H33FN6O4S/c1-35(18-22(37)19-36-13-5-6-14-36)29(39)33-26-17-23(11-12-31-26)40-25-10-9-21(16-24(25)30)32-28(41)34-27(38)15-20-7-3-2-4-8-20/h2-4,7-12,16-17,22,37H,5-6,13-15,18-19H2,1H3,(H,31,33,39)(H2,32,34,38,41).